The lowest BCUT2D eigenvalue weighted by Crippen LogP contribution is -2.30. The van der Waals surface area contributed by atoms with Crippen LogP contribution in [0.25, 0.3) is 0 Å². The average Bonchev–Trinajstić information content (AvgIpc) is 3.40. The zero-order chi connectivity index (χ0) is 53.6. The topological polar surface area (TPSA) is 78.9 Å². The molecule has 0 rings (SSSR count). The number of ether oxygens (including phenoxy) is 3. The van der Waals surface area contributed by atoms with Crippen LogP contribution in [0.4, 0.5) is 0 Å². The molecule has 0 aromatic carbocycles. The number of hydrogen-bond donors (Lipinski definition) is 0. The Kier molecular flexibility index (Phi) is 61.1. The Bertz CT molecular complexity index is 1240. The summed E-state index contributed by atoms with van der Waals surface area (Å²) in [5.41, 5.74) is 0. The molecule has 1 atom stereocenters. The van der Waals surface area contributed by atoms with Crippen LogP contribution in [0.3, 0.4) is 0 Å². The molecule has 6 nitrogen and oxygen atoms in total. The summed E-state index contributed by atoms with van der Waals surface area (Å²) >= 11 is 0. The quantitative estimate of drug-likeness (QED) is 0.0261. The Morgan fingerprint density at radius 1 is 0.284 bits per heavy atom. The monoisotopic (exact) mass is 1040 g/mol. The lowest BCUT2D eigenvalue weighted by atomic mass is 10.0. The predicted molar refractivity (Wildman–Crippen MR) is 321 cm³/mol. The molecular formula is C68H126O6. The van der Waals surface area contributed by atoms with Gasteiger partial charge in [-0.1, -0.05) is 327 Å². The van der Waals surface area contributed by atoms with E-state index in [4.69, 9.17) is 14.2 Å². The third-order valence-corrected chi connectivity index (χ3v) is 14.9. The van der Waals surface area contributed by atoms with Crippen LogP contribution in [-0.2, 0) is 28.6 Å². The molecule has 0 amide bonds. The molecule has 0 aliphatic rings. The Hall–Kier alpha value is -2.37. The lowest BCUT2D eigenvalue weighted by molar-refractivity contribution is -0.167. The van der Waals surface area contributed by atoms with Crippen molar-refractivity contribution in [2.24, 2.45) is 0 Å². The van der Waals surface area contributed by atoms with E-state index in [-0.39, 0.29) is 31.1 Å². The molecule has 434 valence electrons. The third kappa shape index (κ3) is 60.5. The largest absolute Gasteiger partial charge is 0.462 e. The Morgan fingerprint density at radius 2 is 0.527 bits per heavy atom. The molecule has 0 radical (unpaired) electrons. The molecule has 1 unspecified atom stereocenters. The fraction of sp³-hybridized carbons (Fsp3) is 0.868. The van der Waals surface area contributed by atoms with E-state index < -0.39 is 6.10 Å². The van der Waals surface area contributed by atoms with E-state index in [1.807, 2.05) is 0 Å². The molecule has 0 fully saturated rings. The number of unbranched alkanes of at least 4 members (excludes halogenated alkanes) is 44. The van der Waals surface area contributed by atoms with Gasteiger partial charge in [0.2, 0.25) is 0 Å². The molecule has 0 saturated heterocycles. The molecule has 74 heavy (non-hydrogen) atoms. The zero-order valence-corrected chi connectivity index (χ0v) is 49.9. The number of rotatable bonds is 61. The standard InChI is InChI=1S/C68H126O6/c1-4-7-10-13-16-19-22-25-27-28-29-30-31-32-33-34-35-36-37-38-39-41-43-46-49-52-55-58-61-67(70)73-64-65(63-72-66(69)60-57-54-51-48-45-42-24-21-18-15-12-9-6-3)74-68(71)62-59-56-53-50-47-44-40-26-23-20-17-14-11-8-5-2/h9,12,18,21,42,45,65H,4-8,10-11,13-17,19-20,22-41,43-44,46-64H2,1-3H3/b12-9-,21-18-,45-42-. The molecule has 0 N–H and O–H groups in total. The maximum absolute atomic E-state index is 12.9. The highest BCUT2D eigenvalue weighted by Gasteiger charge is 2.19. The highest BCUT2D eigenvalue weighted by molar-refractivity contribution is 5.71. The van der Waals surface area contributed by atoms with E-state index in [1.54, 1.807) is 0 Å². The van der Waals surface area contributed by atoms with Gasteiger partial charge in [0.25, 0.3) is 0 Å². The molecule has 0 heterocycles. The molecule has 0 aromatic rings. The predicted octanol–water partition coefficient (Wildman–Crippen LogP) is 22.4. The number of carbonyl (C=O) groups is 3. The van der Waals surface area contributed by atoms with Crippen LogP contribution in [-0.4, -0.2) is 37.2 Å². The number of allylic oxidation sites excluding steroid dienone is 6. The maximum Gasteiger partial charge on any atom is 0.306 e. The normalized spacial score (nSPS) is 12.2. The van der Waals surface area contributed by atoms with Gasteiger partial charge in [0.05, 0.1) is 0 Å². The van der Waals surface area contributed by atoms with Gasteiger partial charge in [-0.05, 0) is 51.4 Å². The summed E-state index contributed by atoms with van der Waals surface area (Å²) in [7, 11) is 0. The highest BCUT2D eigenvalue weighted by Crippen LogP contribution is 2.18. The minimum absolute atomic E-state index is 0.0762. The van der Waals surface area contributed by atoms with Crippen LogP contribution in [0.1, 0.15) is 361 Å². The van der Waals surface area contributed by atoms with Crippen molar-refractivity contribution in [3.63, 3.8) is 0 Å². The summed E-state index contributed by atoms with van der Waals surface area (Å²) in [6, 6.07) is 0. The van der Waals surface area contributed by atoms with E-state index in [0.717, 1.165) is 83.5 Å². The number of carbonyl (C=O) groups excluding carboxylic acids is 3. The summed E-state index contributed by atoms with van der Waals surface area (Å²) in [6.07, 6.45) is 77.5. The van der Waals surface area contributed by atoms with Crippen LogP contribution in [0.2, 0.25) is 0 Å². The van der Waals surface area contributed by atoms with Gasteiger partial charge in [-0.15, -0.1) is 0 Å². The van der Waals surface area contributed by atoms with Crippen molar-refractivity contribution in [1.82, 2.24) is 0 Å². The summed E-state index contributed by atoms with van der Waals surface area (Å²) < 4.78 is 16.9. The molecule has 0 aromatic heterocycles. The van der Waals surface area contributed by atoms with Gasteiger partial charge in [0, 0.05) is 19.3 Å². The van der Waals surface area contributed by atoms with Crippen molar-refractivity contribution in [2.75, 3.05) is 13.2 Å². The number of esters is 3. The Morgan fingerprint density at radius 3 is 0.824 bits per heavy atom. The minimum atomic E-state index is -0.780. The van der Waals surface area contributed by atoms with E-state index in [9.17, 15) is 14.4 Å². The first-order valence-electron chi connectivity index (χ1n) is 33.0. The van der Waals surface area contributed by atoms with Gasteiger partial charge in [0.15, 0.2) is 6.10 Å². The van der Waals surface area contributed by atoms with E-state index in [1.165, 1.54) is 238 Å². The Labute approximate surface area is 461 Å². The maximum atomic E-state index is 12.9. The van der Waals surface area contributed by atoms with Crippen molar-refractivity contribution in [3.05, 3.63) is 36.5 Å². The fourth-order valence-corrected chi connectivity index (χ4v) is 9.99. The van der Waals surface area contributed by atoms with Gasteiger partial charge in [0.1, 0.15) is 13.2 Å². The van der Waals surface area contributed by atoms with Crippen molar-refractivity contribution in [3.8, 4) is 0 Å². The van der Waals surface area contributed by atoms with Gasteiger partial charge < -0.3 is 14.2 Å². The fourth-order valence-electron chi connectivity index (χ4n) is 9.99. The van der Waals surface area contributed by atoms with Gasteiger partial charge in [-0.2, -0.15) is 0 Å². The van der Waals surface area contributed by atoms with Gasteiger partial charge >= 0.3 is 17.9 Å². The second kappa shape index (κ2) is 63.2. The highest BCUT2D eigenvalue weighted by atomic mass is 16.6. The Balaban J connectivity index is 4.16. The SMILES string of the molecule is CC/C=C\C/C=C\C/C=C\CCCCCC(=O)OCC(COC(=O)CCCCCCCCCCCCCCCCCCCCCCCCCCCCCC)OC(=O)CCCCCCCCCCCCCCCCC. The summed E-state index contributed by atoms with van der Waals surface area (Å²) in [6.45, 7) is 6.56. The molecule has 0 aliphatic heterocycles. The van der Waals surface area contributed by atoms with Crippen molar-refractivity contribution in [1.29, 1.82) is 0 Å². The van der Waals surface area contributed by atoms with Crippen LogP contribution in [0.15, 0.2) is 36.5 Å². The summed E-state index contributed by atoms with van der Waals surface area (Å²) in [5.74, 6) is -0.883. The first-order valence-corrected chi connectivity index (χ1v) is 33.0. The molecule has 6 heteroatoms. The molecule has 0 spiro atoms. The van der Waals surface area contributed by atoms with E-state index in [0.29, 0.717) is 19.3 Å². The molecule has 0 aliphatic carbocycles. The van der Waals surface area contributed by atoms with Crippen molar-refractivity contribution >= 4 is 17.9 Å². The average molecular weight is 1040 g/mol. The van der Waals surface area contributed by atoms with Crippen LogP contribution in [0.5, 0.6) is 0 Å². The molecule has 0 bridgehead atoms. The third-order valence-electron chi connectivity index (χ3n) is 14.9. The number of hydrogen-bond acceptors (Lipinski definition) is 6. The van der Waals surface area contributed by atoms with E-state index in [2.05, 4.69) is 57.2 Å². The van der Waals surface area contributed by atoms with Crippen LogP contribution in [0, 0.1) is 0 Å². The second-order valence-electron chi connectivity index (χ2n) is 22.4. The second-order valence-corrected chi connectivity index (χ2v) is 22.4. The molecule has 0 saturated carbocycles. The van der Waals surface area contributed by atoms with Gasteiger partial charge in [-0.25, -0.2) is 0 Å². The first-order chi connectivity index (χ1) is 36.5. The lowest BCUT2D eigenvalue weighted by Gasteiger charge is -2.18. The smallest absolute Gasteiger partial charge is 0.306 e. The first kappa shape index (κ1) is 71.6. The van der Waals surface area contributed by atoms with Crippen LogP contribution < -0.4 is 0 Å². The zero-order valence-electron chi connectivity index (χ0n) is 49.9. The van der Waals surface area contributed by atoms with Crippen molar-refractivity contribution in [2.45, 2.75) is 367 Å². The summed E-state index contributed by atoms with van der Waals surface area (Å²) in [5, 5.41) is 0. The minimum Gasteiger partial charge on any atom is -0.462 e. The van der Waals surface area contributed by atoms with Crippen LogP contribution >= 0.6 is 0 Å². The van der Waals surface area contributed by atoms with E-state index >= 15 is 0 Å². The summed E-state index contributed by atoms with van der Waals surface area (Å²) in [4.78, 5) is 38.2. The van der Waals surface area contributed by atoms with Crippen molar-refractivity contribution < 1.29 is 28.6 Å². The molecular weight excluding hydrogens is 913 g/mol. The van der Waals surface area contributed by atoms with Gasteiger partial charge in [-0.3, -0.25) is 14.4 Å².